The van der Waals surface area contributed by atoms with E-state index in [0.29, 0.717) is 11.5 Å². The van der Waals surface area contributed by atoms with E-state index < -0.39 is 5.82 Å². The summed E-state index contributed by atoms with van der Waals surface area (Å²) in [4.78, 5) is 17.4. The van der Waals surface area contributed by atoms with Gasteiger partial charge in [-0.05, 0) is 36.8 Å². The molecule has 5 heteroatoms. The van der Waals surface area contributed by atoms with Gasteiger partial charge in [-0.2, -0.15) is 0 Å². The molecule has 0 bridgehead atoms. The summed E-state index contributed by atoms with van der Waals surface area (Å²) in [7, 11) is 0. The molecule has 2 aromatic carbocycles. The Bertz CT molecular complexity index is 1100. The number of carbonyl (C=O) groups is 1. The van der Waals surface area contributed by atoms with Crippen molar-refractivity contribution in [1.29, 1.82) is 0 Å². The summed E-state index contributed by atoms with van der Waals surface area (Å²) in [5.41, 5.74) is 3.58. The lowest BCUT2D eigenvalue weighted by Gasteiger charge is -2.08. The highest BCUT2D eigenvalue weighted by molar-refractivity contribution is 6.05. The molecule has 4 nitrogen and oxygen atoms in total. The maximum Gasteiger partial charge on any atom is 0.256 e. The van der Waals surface area contributed by atoms with Crippen molar-refractivity contribution in [2.45, 2.75) is 6.92 Å². The van der Waals surface area contributed by atoms with Crippen molar-refractivity contribution in [3.8, 4) is 11.3 Å². The lowest BCUT2D eigenvalue weighted by atomic mass is 10.1. The molecule has 0 aliphatic heterocycles. The number of fused-ring (bicyclic) bond motifs is 1. The van der Waals surface area contributed by atoms with Crippen molar-refractivity contribution in [1.82, 2.24) is 9.38 Å². The summed E-state index contributed by atoms with van der Waals surface area (Å²) in [5.74, 6) is -0.274. The molecular formula is C21H16FN3O. The number of amides is 1. The van der Waals surface area contributed by atoms with Crippen LogP contribution in [0.5, 0.6) is 0 Å². The average molecular weight is 345 g/mol. The summed E-state index contributed by atoms with van der Waals surface area (Å²) >= 11 is 0. The lowest BCUT2D eigenvalue weighted by molar-refractivity contribution is 0.102. The van der Waals surface area contributed by atoms with Gasteiger partial charge in [0.15, 0.2) is 0 Å². The Balaban J connectivity index is 1.85. The normalized spacial score (nSPS) is 10.8. The highest BCUT2D eigenvalue weighted by atomic mass is 19.1. The zero-order chi connectivity index (χ0) is 18.1. The van der Waals surface area contributed by atoms with Crippen LogP contribution in [0.25, 0.3) is 16.9 Å². The molecule has 4 aromatic rings. The zero-order valence-corrected chi connectivity index (χ0v) is 14.1. The van der Waals surface area contributed by atoms with Crippen LogP contribution in [0.15, 0.2) is 72.9 Å². The first kappa shape index (κ1) is 16.0. The predicted molar refractivity (Wildman–Crippen MR) is 99.7 cm³/mol. The maximum absolute atomic E-state index is 13.5. The minimum atomic E-state index is -0.449. The smallest absolute Gasteiger partial charge is 0.256 e. The lowest BCUT2D eigenvalue weighted by Crippen LogP contribution is -2.14. The summed E-state index contributed by atoms with van der Waals surface area (Å²) < 4.78 is 15.3. The van der Waals surface area contributed by atoms with Gasteiger partial charge in [0.25, 0.3) is 5.91 Å². The van der Waals surface area contributed by atoms with Gasteiger partial charge in [0.1, 0.15) is 23.0 Å². The molecule has 2 aromatic heterocycles. The van der Waals surface area contributed by atoms with Crippen molar-refractivity contribution >= 4 is 17.4 Å². The fourth-order valence-electron chi connectivity index (χ4n) is 2.93. The van der Waals surface area contributed by atoms with E-state index in [1.807, 2.05) is 60.0 Å². The summed E-state index contributed by atoms with van der Waals surface area (Å²) in [6.45, 7) is 1.97. The monoisotopic (exact) mass is 345 g/mol. The molecule has 1 N–H and O–H groups in total. The van der Waals surface area contributed by atoms with E-state index in [2.05, 4.69) is 5.32 Å². The van der Waals surface area contributed by atoms with Crippen LogP contribution >= 0.6 is 0 Å². The van der Waals surface area contributed by atoms with Crippen LogP contribution in [-0.2, 0) is 0 Å². The standard InChI is InChI=1S/C21H16FN3O/c1-14-7-6-12-25-19(14)23-18(15-8-3-2-4-9-15)20(25)24-21(26)16-10-5-11-17(22)13-16/h2-13H,1H3,(H,24,26). The number of aryl methyl sites for hydroxylation is 1. The van der Waals surface area contributed by atoms with Crippen LogP contribution in [-0.4, -0.2) is 15.3 Å². The fraction of sp³-hybridized carbons (Fsp3) is 0.0476. The zero-order valence-electron chi connectivity index (χ0n) is 14.1. The number of benzene rings is 2. The highest BCUT2D eigenvalue weighted by Gasteiger charge is 2.18. The van der Waals surface area contributed by atoms with E-state index in [9.17, 15) is 9.18 Å². The van der Waals surface area contributed by atoms with Crippen molar-refractivity contribution in [2.24, 2.45) is 0 Å². The number of imidazole rings is 1. The summed E-state index contributed by atoms with van der Waals surface area (Å²) in [5, 5.41) is 2.90. The van der Waals surface area contributed by atoms with E-state index in [4.69, 9.17) is 4.98 Å². The number of pyridine rings is 1. The van der Waals surface area contributed by atoms with Crippen LogP contribution in [0, 0.1) is 12.7 Å². The molecule has 4 rings (SSSR count). The molecule has 0 aliphatic rings. The SMILES string of the molecule is Cc1cccn2c(NC(=O)c3cccc(F)c3)c(-c3ccccc3)nc12. The largest absolute Gasteiger partial charge is 0.306 e. The molecule has 2 heterocycles. The van der Waals surface area contributed by atoms with Gasteiger partial charge in [-0.25, -0.2) is 9.37 Å². The maximum atomic E-state index is 13.5. The van der Waals surface area contributed by atoms with E-state index in [1.165, 1.54) is 18.2 Å². The van der Waals surface area contributed by atoms with E-state index in [1.54, 1.807) is 6.07 Å². The van der Waals surface area contributed by atoms with Gasteiger partial charge >= 0.3 is 0 Å². The molecule has 0 saturated heterocycles. The first-order chi connectivity index (χ1) is 12.6. The topological polar surface area (TPSA) is 46.4 Å². The highest BCUT2D eigenvalue weighted by Crippen LogP contribution is 2.30. The first-order valence-corrected chi connectivity index (χ1v) is 8.23. The fourth-order valence-corrected chi connectivity index (χ4v) is 2.93. The molecule has 0 radical (unpaired) electrons. The third kappa shape index (κ3) is 2.84. The van der Waals surface area contributed by atoms with Gasteiger partial charge in [-0.3, -0.25) is 9.20 Å². The van der Waals surface area contributed by atoms with Gasteiger partial charge in [-0.1, -0.05) is 42.5 Å². The number of hydrogen-bond donors (Lipinski definition) is 1. The second-order valence-electron chi connectivity index (χ2n) is 6.02. The van der Waals surface area contributed by atoms with Gasteiger partial charge in [0.2, 0.25) is 0 Å². The molecule has 0 fully saturated rings. The van der Waals surface area contributed by atoms with Crippen LogP contribution in [0.1, 0.15) is 15.9 Å². The number of hydrogen-bond acceptors (Lipinski definition) is 2. The number of carbonyl (C=O) groups excluding carboxylic acids is 1. The second-order valence-corrected chi connectivity index (χ2v) is 6.02. The molecule has 0 saturated carbocycles. The van der Waals surface area contributed by atoms with Gasteiger partial charge in [0.05, 0.1) is 0 Å². The van der Waals surface area contributed by atoms with Crippen molar-refractivity contribution in [3.05, 3.63) is 89.9 Å². The van der Waals surface area contributed by atoms with Crippen molar-refractivity contribution in [2.75, 3.05) is 5.32 Å². The quantitative estimate of drug-likeness (QED) is 0.585. The Morgan fingerprint density at radius 3 is 2.62 bits per heavy atom. The Kier molecular flexibility index (Phi) is 3.97. The number of halogens is 1. The van der Waals surface area contributed by atoms with Gasteiger partial charge in [0, 0.05) is 17.3 Å². The van der Waals surface area contributed by atoms with Crippen LogP contribution in [0.3, 0.4) is 0 Å². The Morgan fingerprint density at radius 1 is 1.04 bits per heavy atom. The van der Waals surface area contributed by atoms with Crippen LogP contribution in [0.2, 0.25) is 0 Å². The van der Waals surface area contributed by atoms with Gasteiger partial charge in [-0.15, -0.1) is 0 Å². The molecule has 128 valence electrons. The molecule has 0 spiro atoms. The van der Waals surface area contributed by atoms with E-state index in [0.717, 1.165) is 16.8 Å². The minimum absolute atomic E-state index is 0.256. The van der Waals surface area contributed by atoms with E-state index in [-0.39, 0.29) is 11.5 Å². The van der Waals surface area contributed by atoms with Crippen molar-refractivity contribution in [3.63, 3.8) is 0 Å². The summed E-state index contributed by atoms with van der Waals surface area (Å²) in [6.07, 6.45) is 1.85. The first-order valence-electron chi connectivity index (χ1n) is 8.23. The number of rotatable bonds is 3. The minimum Gasteiger partial charge on any atom is -0.306 e. The number of aromatic nitrogens is 2. The molecule has 26 heavy (non-hydrogen) atoms. The molecular weight excluding hydrogens is 329 g/mol. The van der Waals surface area contributed by atoms with Crippen LogP contribution < -0.4 is 5.32 Å². The van der Waals surface area contributed by atoms with Gasteiger partial charge < -0.3 is 5.32 Å². The Hall–Kier alpha value is -3.47. The second kappa shape index (κ2) is 6.44. The number of nitrogens with zero attached hydrogens (tertiary/aromatic N) is 2. The van der Waals surface area contributed by atoms with E-state index >= 15 is 0 Å². The average Bonchev–Trinajstić information content (AvgIpc) is 3.02. The predicted octanol–water partition coefficient (Wildman–Crippen LogP) is 4.70. The molecule has 0 unspecified atom stereocenters. The number of nitrogens with one attached hydrogen (secondary N) is 1. The molecule has 0 aliphatic carbocycles. The molecule has 0 atom stereocenters. The van der Waals surface area contributed by atoms with Crippen molar-refractivity contribution < 1.29 is 9.18 Å². The molecule has 1 amide bonds. The third-order valence-corrected chi connectivity index (χ3v) is 4.21. The van der Waals surface area contributed by atoms with Crippen LogP contribution in [0.4, 0.5) is 10.2 Å². The Labute approximate surface area is 149 Å². The third-order valence-electron chi connectivity index (χ3n) is 4.21. The number of anilines is 1. The Morgan fingerprint density at radius 2 is 1.85 bits per heavy atom. The summed E-state index contributed by atoms with van der Waals surface area (Å²) in [6, 6.07) is 19.1.